The van der Waals surface area contributed by atoms with Gasteiger partial charge in [0, 0.05) is 11.0 Å². The molecule has 4 saturated carbocycles. The topological polar surface area (TPSA) is 35.5 Å². The van der Waals surface area contributed by atoms with Crippen LogP contribution in [0.2, 0.25) is 10.0 Å². The molecular formula is C27H28Cl2O3. The highest BCUT2D eigenvalue weighted by molar-refractivity contribution is 6.42. The predicted octanol–water partition coefficient (Wildman–Crippen LogP) is 7.38. The number of hydrogen-bond donors (Lipinski definition) is 0. The minimum atomic E-state index is -0.104. The Balaban J connectivity index is 1.31. The quantitative estimate of drug-likeness (QED) is 0.395. The molecule has 32 heavy (non-hydrogen) atoms. The van der Waals surface area contributed by atoms with Gasteiger partial charge in [0.25, 0.3) is 0 Å². The third kappa shape index (κ3) is 4.18. The molecule has 0 unspecified atom stereocenters. The molecule has 6 rings (SSSR count). The van der Waals surface area contributed by atoms with Crippen LogP contribution in [0.15, 0.2) is 42.5 Å². The summed E-state index contributed by atoms with van der Waals surface area (Å²) < 4.78 is 11.4. The molecule has 0 saturated heterocycles. The standard InChI is InChI=1S/C27H28Cl2O3/c1-31-23-7-5-17(12-21(23)16-32-24-4-2-3-22(28)26(24)29)6-8-25(30)27-13-18-9-19(14-27)11-20(10-18)15-27/h2-8,12,18-20H,9-11,13-16H2,1H3/b8-6+. The first-order valence-electron chi connectivity index (χ1n) is 11.4. The maximum atomic E-state index is 13.3. The van der Waals surface area contributed by atoms with Crippen LogP contribution in [0.3, 0.4) is 0 Å². The van der Waals surface area contributed by atoms with Crippen LogP contribution in [0, 0.1) is 23.2 Å². The maximum Gasteiger partial charge on any atom is 0.161 e. The third-order valence-electron chi connectivity index (χ3n) is 7.59. The van der Waals surface area contributed by atoms with Gasteiger partial charge in [0.1, 0.15) is 23.1 Å². The number of carbonyl (C=O) groups is 1. The van der Waals surface area contributed by atoms with Gasteiger partial charge in [0.15, 0.2) is 5.78 Å². The molecule has 5 heteroatoms. The molecular weight excluding hydrogens is 443 g/mol. The molecule has 0 atom stereocenters. The molecule has 0 N–H and O–H groups in total. The monoisotopic (exact) mass is 470 g/mol. The maximum absolute atomic E-state index is 13.3. The molecule has 2 aromatic rings. The molecule has 0 radical (unpaired) electrons. The van der Waals surface area contributed by atoms with E-state index < -0.39 is 0 Å². The SMILES string of the molecule is COc1ccc(/C=C/C(=O)C23CC4CC(CC(C4)C2)C3)cc1COc1cccc(Cl)c1Cl. The number of hydrogen-bond acceptors (Lipinski definition) is 3. The van der Waals surface area contributed by atoms with E-state index in [1.54, 1.807) is 25.3 Å². The second-order valence-corrected chi connectivity index (χ2v) is 10.6. The zero-order valence-corrected chi connectivity index (χ0v) is 19.8. The number of benzene rings is 2. The number of ketones is 1. The summed E-state index contributed by atoms with van der Waals surface area (Å²) in [6.45, 7) is 0.286. The summed E-state index contributed by atoms with van der Waals surface area (Å²) in [6, 6.07) is 11.2. The van der Waals surface area contributed by atoms with Gasteiger partial charge in [-0.25, -0.2) is 0 Å². The lowest BCUT2D eigenvalue weighted by atomic mass is 9.48. The van der Waals surface area contributed by atoms with Crippen molar-refractivity contribution >= 4 is 35.1 Å². The van der Waals surface area contributed by atoms with Gasteiger partial charge in [0.2, 0.25) is 0 Å². The van der Waals surface area contributed by atoms with Gasteiger partial charge in [-0.1, -0.05) is 41.4 Å². The molecule has 2 aromatic carbocycles. The zero-order chi connectivity index (χ0) is 22.3. The van der Waals surface area contributed by atoms with Crippen LogP contribution in [0.5, 0.6) is 11.5 Å². The summed E-state index contributed by atoms with van der Waals surface area (Å²) in [6.07, 6.45) is 11.0. The van der Waals surface area contributed by atoms with E-state index in [0.717, 1.165) is 53.9 Å². The number of carbonyl (C=O) groups excluding carboxylic acids is 1. The van der Waals surface area contributed by atoms with E-state index in [1.165, 1.54) is 19.3 Å². The Labute approximate surface area is 199 Å². The smallest absolute Gasteiger partial charge is 0.161 e. The zero-order valence-electron chi connectivity index (χ0n) is 18.3. The molecule has 4 aliphatic rings. The fourth-order valence-electron chi connectivity index (χ4n) is 6.53. The molecule has 4 fully saturated rings. The molecule has 0 aliphatic heterocycles. The van der Waals surface area contributed by atoms with E-state index in [-0.39, 0.29) is 12.0 Å². The first-order valence-corrected chi connectivity index (χ1v) is 12.2. The highest BCUT2D eigenvalue weighted by Gasteiger charge is 2.53. The summed E-state index contributed by atoms with van der Waals surface area (Å²) in [4.78, 5) is 13.3. The van der Waals surface area contributed by atoms with E-state index in [9.17, 15) is 4.79 Å². The number of halogens is 2. The molecule has 4 aliphatic carbocycles. The average Bonchev–Trinajstić information content (AvgIpc) is 2.77. The van der Waals surface area contributed by atoms with Crippen LogP contribution in [-0.2, 0) is 11.4 Å². The van der Waals surface area contributed by atoms with Crippen molar-refractivity contribution in [3.63, 3.8) is 0 Å². The van der Waals surface area contributed by atoms with Crippen molar-refractivity contribution < 1.29 is 14.3 Å². The molecule has 4 bridgehead atoms. The van der Waals surface area contributed by atoms with E-state index in [0.29, 0.717) is 21.6 Å². The van der Waals surface area contributed by atoms with E-state index in [1.807, 2.05) is 30.4 Å². The van der Waals surface area contributed by atoms with E-state index >= 15 is 0 Å². The lowest BCUT2D eigenvalue weighted by Crippen LogP contribution is -2.49. The number of rotatable bonds is 7. The average molecular weight is 471 g/mol. The summed E-state index contributed by atoms with van der Waals surface area (Å²) in [7, 11) is 1.64. The van der Waals surface area contributed by atoms with Crippen LogP contribution in [-0.4, -0.2) is 12.9 Å². The Bertz CT molecular complexity index is 1020. The second kappa shape index (κ2) is 8.76. The molecule has 0 spiro atoms. The fraction of sp³-hybridized carbons (Fsp3) is 0.444. The van der Waals surface area contributed by atoms with Crippen LogP contribution in [0.1, 0.15) is 49.7 Å². The summed E-state index contributed by atoms with van der Waals surface area (Å²) in [5.41, 5.74) is 1.74. The van der Waals surface area contributed by atoms with Crippen molar-refractivity contribution in [2.24, 2.45) is 23.2 Å². The second-order valence-electron chi connectivity index (χ2n) is 9.81. The summed E-state index contributed by atoms with van der Waals surface area (Å²) in [5.74, 6) is 3.87. The minimum Gasteiger partial charge on any atom is -0.496 e. The summed E-state index contributed by atoms with van der Waals surface area (Å²) in [5, 5.41) is 0.848. The Kier molecular flexibility index (Phi) is 5.98. The van der Waals surface area contributed by atoms with Gasteiger partial charge in [-0.2, -0.15) is 0 Å². The van der Waals surface area contributed by atoms with Gasteiger partial charge >= 0.3 is 0 Å². The van der Waals surface area contributed by atoms with Crippen molar-refractivity contribution in [3.8, 4) is 11.5 Å². The molecule has 0 aromatic heterocycles. The Morgan fingerprint density at radius 2 is 1.72 bits per heavy atom. The van der Waals surface area contributed by atoms with Crippen molar-refractivity contribution in [1.82, 2.24) is 0 Å². The van der Waals surface area contributed by atoms with Crippen LogP contribution in [0.4, 0.5) is 0 Å². The van der Waals surface area contributed by atoms with Crippen molar-refractivity contribution in [2.75, 3.05) is 7.11 Å². The molecule has 0 amide bonds. The first kappa shape index (κ1) is 21.9. The fourth-order valence-corrected chi connectivity index (χ4v) is 6.87. The lowest BCUT2D eigenvalue weighted by Gasteiger charge is -2.55. The highest BCUT2D eigenvalue weighted by Crippen LogP contribution is 2.60. The van der Waals surface area contributed by atoms with Crippen molar-refractivity contribution in [3.05, 3.63) is 63.6 Å². The molecule has 0 heterocycles. The van der Waals surface area contributed by atoms with Gasteiger partial charge in [-0.15, -0.1) is 0 Å². The van der Waals surface area contributed by atoms with E-state index in [2.05, 4.69) is 0 Å². The van der Waals surface area contributed by atoms with Crippen molar-refractivity contribution in [1.29, 1.82) is 0 Å². The number of methoxy groups -OCH3 is 1. The van der Waals surface area contributed by atoms with Gasteiger partial charge < -0.3 is 9.47 Å². The predicted molar refractivity (Wildman–Crippen MR) is 128 cm³/mol. The highest BCUT2D eigenvalue weighted by atomic mass is 35.5. The summed E-state index contributed by atoms with van der Waals surface area (Å²) >= 11 is 12.3. The Morgan fingerprint density at radius 3 is 2.38 bits per heavy atom. The van der Waals surface area contributed by atoms with Crippen molar-refractivity contribution in [2.45, 2.75) is 45.1 Å². The van der Waals surface area contributed by atoms with Crippen LogP contribution >= 0.6 is 23.2 Å². The van der Waals surface area contributed by atoms with Crippen LogP contribution < -0.4 is 9.47 Å². The van der Waals surface area contributed by atoms with Gasteiger partial charge in [-0.05, 0) is 92.2 Å². The first-order chi connectivity index (χ1) is 15.5. The molecule has 168 valence electrons. The normalized spacial score (nSPS) is 28.3. The van der Waals surface area contributed by atoms with E-state index in [4.69, 9.17) is 32.7 Å². The minimum absolute atomic E-state index is 0.104. The largest absolute Gasteiger partial charge is 0.496 e. The number of ether oxygens (including phenoxy) is 2. The Morgan fingerprint density at radius 1 is 1.03 bits per heavy atom. The number of allylic oxidation sites excluding steroid dienone is 1. The van der Waals surface area contributed by atoms with Crippen LogP contribution in [0.25, 0.3) is 6.08 Å². The van der Waals surface area contributed by atoms with Gasteiger partial charge in [0.05, 0.1) is 12.1 Å². The lowest BCUT2D eigenvalue weighted by molar-refractivity contribution is -0.138. The van der Waals surface area contributed by atoms with Gasteiger partial charge in [-0.3, -0.25) is 4.79 Å². The molecule has 3 nitrogen and oxygen atoms in total. The third-order valence-corrected chi connectivity index (χ3v) is 8.39. The Hall–Kier alpha value is -1.97.